The van der Waals surface area contributed by atoms with E-state index < -0.39 is 0 Å². The van der Waals surface area contributed by atoms with Gasteiger partial charge < -0.3 is 10.5 Å². The predicted octanol–water partition coefficient (Wildman–Crippen LogP) is -0.357. The molecule has 2 N–H and O–H groups in total. The van der Waals surface area contributed by atoms with Crippen LogP contribution in [-0.2, 0) is 11.2 Å². The summed E-state index contributed by atoms with van der Waals surface area (Å²) < 4.78 is 7.04. The lowest BCUT2D eigenvalue weighted by Crippen LogP contribution is -2.37. The second-order valence-corrected chi connectivity index (χ2v) is 4.94. The smallest absolute Gasteiger partial charge is 0.236 e. The van der Waals surface area contributed by atoms with Crippen LogP contribution in [0.1, 0.15) is 5.82 Å². The van der Waals surface area contributed by atoms with Gasteiger partial charge in [-0.1, -0.05) is 11.3 Å². The van der Waals surface area contributed by atoms with Crippen molar-refractivity contribution in [3.05, 3.63) is 5.82 Å². The fourth-order valence-corrected chi connectivity index (χ4v) is 2.53. The van der Waals surface area contributed by atoms with Crippen LogP contribution in [0.25, 0.3) is 4.96 Å². The topological polar surface area (TPSA) is 81.6 Å². The molecule has 1 aliphatic heterocycles. The molecule has 0 radical (unpaired) electrons. The first-order valence-electron chi connectivity index (χ1n) is 5.59. The average Bonchev–Trinajstić information content (AvgIpc) is 2.87. The highest BCUT2D eigenvalue weighted by Gasteiger charge is 2.14. The summed E-state index contributed by atoms with van der Waals surface area (Å²) in [6.45, 7) is 4.57. The van der Waals surface area contributed by atoms with Gasteiger partial charge in [-0.2, -0.15) is 4.52 Å². The Balaban J connectivity index is 1.67. The molecule has 0 aliphatic carbocycles. The van der Waals surface area contributed by atoms with Crippen molar-refractivity contribution in [2.45, 2.75) is 6.42 Å². The summed E-state index contributed by atoms with van der Waals surface area (Å²) in [5.74, 6) is 0.874. The van der Waals surface area contributed by atoms with Crippen LogP contribution in [0.3, 0.4) is 0 Å². The molecule has 0 unspecified atom stereocenters. The van der Waals surface area contributed by atoms with Gasteiger partial charge in [0, 0.05) is 26.1 Å². The Labute approximate surface area is 102 Å². The van der Waals surface area contributed by atoms with Crippen molar-refractivity contribution < 1.29 is 4.74 Å². The number of nitrogens with two attached hydrogens (primary N) is 1. The van der Waals surface area contributed by atoms with E-state index in [1.54, 1.807) is 4.52 Å². The van der Waals surface area contributed by atoms with Crippen LogP contribution >= 0.6 is 11.3 Å². The zero-order chi connectivity index (χ0) is 11.7. The van der Waals surface area contributed by atoms with Crippen molar-refractivity contribution in [2.75, 3.05) is 38.6 Å². The van der Waals surface area contributed by atoms with Crippen LogP contribution in [-0.4, -0.2) is 57.6 Å². The van der Waals surface area contributed by atoms with E-state index in [1.807, 2.05) is 0 Å². The van der Waals surface area contributed by atoms with E-state index in [0.29, 0.717) is 5.13 Å². The van der Waals surface area contributed by atoms with Crippen molar-refractivity contribution in [3.63, 3.8) is 0 Å². The molecule has 3 rings (SSSR count). The number of anilines is 1. The molecule has 3 heterocycles. The second-order valence-electron chi connectivity index (χ2n) is 3.95. The van der Waals surface area contributed by atoms with Crippen LogP contribution < -0.4 is 5.73 Å². The number of rotatable bonds is 3. The van der Waals surface area contributed by atoms with Crippen LogP contribution in [0.5, 0.6) is 0 Å². The van der Waals surface area contributed by atoms with E-state index in [-0.39, 0.29) is 0 Å². The van der Waals surface area contributed by atoms with Crippen molar-refractivity contribution in [1.82, 2.24) is 24.7 Å². The first-order chi connectivity index (χ1) is 8.33. The Hall–Kier alpha value is -1.25. The third-order valence-corrected chi connectivity index (χ3v) is 3.55. The molecule has 0 saturated carbocycles. The Morgan fingerprint density at radius 1 is 1.29 bits per heavy atom. The molecule has 1 aliphatic rings. The molecule has 8 heteroatoms. The summed E-state index contributed by atoms with van der Waals surface area (Å²) in [5.41, 5.74) is 5.63. The van der Waals surface area contributed by atoms with Gasteiger partial charge in [0.15, 0.2) is 5.82 Å². The Morgan fingerprint density at radius 3 is 2.94 bits per heavy atom. The monoisotopic (exact) mass is 254 g/mol. The highest BCUT2D eigenvalue weighted by molar-refractivity contribution is 7.20. The maximum Gasteiger partial charge on any atom is 0.236 e. The fourth-order valence-electron chi connectivity index (χ4n) is 1.91. The molecule has 0 bridgehead atoms. The van der Waals surface area contributed by atoms with Crippen molar-refractivity contribution in [3.8, 4) is 0 Å². The lowest BCUT2D eigenvalue weighted by atomic mass is 10.3. The van der Waals surface area contributed by atoms with Crippen LogP contribution in [0.4, 0.5) is 5.13 Å². The van der Waals surface area contributed by atoms with Crippen molar-refractivity contribution in [1.29, 1.82) is 0 Å². The molecule has 2 aromatic rings. The van der Waals surface area contributed by atoms with Gasteiger partial charge in [-0.05, 0) is 0 Å². The zero-order valence-electron chi connectivity index (χ0n) is 9.37. The number of hydrogen-bond acceptors (Lipinski definition) is 7. The molecule has 0 aromatic carbocycles. The summed E-state index contributed by atoms with van der Waals surface area (Å²) in [7, 11) is 0. The van der Waals surface area contributed by atoms with Crippen LogP contribution in [0.2, 0.25) is 0 Å². The summed E-state index contributed by atoms with van der Waals surface area (Å²) in [6.07, 6.45) is 0.838. The first kappa shape index (κ1) is 10.9. The minimum absolute atomic E-state index is 0.530. The predicted molar refractivity (Wildman–Crippen MR) is 64.0 cm³/mol. The molecule has 0 atom stereocenters. The number of aromatic nitrogens is 4. The third kappa shape index (κ3) is 2.24. The highest BCUT2D eigenvalue weighted by atomic mass is 32.1. The minimum Gasteiger partial charge on any atom is -0.379 e. The third-order valence-electron chi connectivity index (χ3n) is 2.83. The molecule has 2 aromatic heterocycles. The summed E-state index contributed by atoms with van der Waals surface area (Å²) in [4.78, 5) is 3.12. The number of morpholine rings is 1. The number of nitrogen functional groups attached to an aromatic ring is 1. The quantitative estimate of drug-likeness (QED) is 0.805. The first-order valence-corrected chi connectivity index (χ1v) is 6.41. The number of ether oxygens (including phenoxy) is 1. The summed E-state index contributed by atoms with van der Waals surface area (Å²) >= 11 is 1.36. The Kier molecular flexibility index (Phi) is 2.91. The zero-order valence-corrected chi connectivity index (χ0v) is 10.2. The standard InChI is InChI=1S/C9H14N6OS/c10-8-13-15-7(11-12-9(15)17-8)1-2-14-3-5-16-6-4-14/h1-6H2,(H2,10,13). The van der Waals surface area contributed by atoms with Crippen molar-refractivity contribution in [2.24, 2.45) is 0 Å². The lowest BCUT2D eigenvalue weighted by molar-refractivity contribution is 0.0382. The lowest BCUT2D eigenvalue weighted by Gasteiger charge is -2.25. The largest absolute Gasteiger partial charge is 0.379 e. The molecule has 92 valence electrons. The van der Waals surface area contributed by atoms with Crippen LogP contribution in [0, 0.1) is 0 Å². The van der Waals surface area contributed by atoms with Crippen molar-refractivity contribution >= 4 is 21.4 Å². The SMILES string of the molecule is Nc1nn2c(CCN3CCOCC3)nnc2s1. The number of fused-ring (bicyclic) bond motifs is 1. The van der Waals surface area contributed by atoms with E-state index in [1.165, 1.54) is 11.3 Å². The van der Waals surface area contributed by atoms with Gasteiger partial charge in [-0.15, -0.1) is 15.3 Å². The number of hydrogen-bond donors (Lipinski definition) is 1. The average molecular weight is 254 g/mol. The van der Waals surface area contributed by atoms with Gasteiger partial charge in [-0.25, -0.2) is 0 Å². The summed E-state index contributed by atoms with van der Waals surface area (Å²) in [6, 6.07) is 0. The van der Waals surface area contributed by atoms with E-state index in [2.05, 4.69) is 20.2 Å². The number of nitrogens with zero attached hydrogens (tertiary/aromatic N) is 5. The molecule has 1 fully saturated rings. The normalized spacial score (nSPS) is 17.9. The molecule has 0 spiro atoms. The summed E-state index contributed by atoms with van der Waals surface area (Å²) in [5, 5.41) is 12.9. The van der Waals surface area contributed by atoms with E-state index in [4.69, 9.17) is 10.5 Å². The Morgan fingerprint density at radius 2 is 2.12 bits per heavy atom. The molecular formula is C9H14N6OS. The molecular weight excluding hydrogens is 240 g/mol. The van der Waals surface area contributed by atoms with E-state index in [0.717, 1.165) is 50.1 Å². The van der Waals surface area contributed by atoms with E-state index in [9.17, 15) is 0 Å². The molecule has 0 amide bonds. The van der Waals surface area contributed by atoms with Crippen LogP contribution in [0.15, 0.2) is 0 Å². The van der Waals surface area contributed by atoms with Gasteiger partial charge in [0.2, 0.25) is 10.1 Å². The maximum atomic E-state index is 5.63. The van der Waals surface area contributed by atoms with Gasteiger partial charge in [-0.3, -0.25) is 4.90 Å². The Bertz CT molecular complexity index is 503. The molecule has 17 heavy (non-hydrogen) atoms. The fraction of sp³-hybridized carbons (Fsp3) is 0.667. The highest BCUT2D eigenvalue weighted by Crippen LogP contribution is 2.15. The minimum atomic E-state index is 0.530. The van der Waals surface area contributed by atoms with Gasteiger partial charge in [0.1, 0.15) is 0 Å². The second kappa shape index (κ2) is 4.55. The molecule has 1 saturated heterocycles. The van der Waals surface area contributed by atoms with Gasteiger partial charge in [0.05, 0.1) is 13.2 Å². The van der Waals surface area contributed by atoms with Gasteiger partial charge in [0.25, 0.3) is 0 Å². The maximum absolute atomic E-state index is 5.63. The van der Waals surface area contributed by atoms with E-state index >= 15 is 0 Å². The molecule has 7 nitrogen and oxygen atoms in total. The van der Waals surface area contributed by atoms with Gasteiger partial charge >= 0.3 is 0 Å².